The number of halogens is 2. The van der Waals surface area contributed by atoms with Gasteiger partial charge in [-0.15, -0.1) is 0 Å². The Bertz CT molecular complexity index is 1160. The van der Waals surface area contributed by atoms with E-state index in [0.29, 0.717) is 17.9 Å². The highest BCUT2D eigenvalue weighted by Crippen LogP contribution is 2.34. The first-order valence-electron chi connectivity index (χ1n) is 8.67. The van der Waals surface area contributed by atoms with E-state index in [1.54, 1.807) is 11.5 Å². The molecule has 29 heavy (non-hydrogen) atoms. The van der Waals surface area contributed by atoms with Crippen molar-refractivity contribution in [3.63, 3.8) is 0 Å². The molecule has 1 unspecified atom stereocenters. The van der Waals surface area contributed by atoms with Crippen molar-refractivity contribution in [2.75, 3.05) is 13.3 Å². The highest BCUT2D eigenvalue weighted by Gasteiger charge is 2.22. The van der Waals surface area contributed by atoms with E-state index in [9.17, 15) is 13.6 Å². The molecule has 1 amide bonds. The monoisotopic (exact) mass is 399 g/mol. The van der Waals surface area contributed by atoms with Gasteiger partial charge < -0.3 is 19.6 Å². The number of carbonyl (C=O) groups excluding carboxylic acids is 1. The molecule has 1 aromatic carbocycles. The fraction of sp³-hybridized carbons (Fsp3) is 0.263. The average Bonchev–Trinajstić information content (AvgIpc) is 3.27. The molecule has 0 aliphatic carbocycles. The second-order valence-corrected chi connectivity index (χ2v) is 6.33. The van der Waals surface area contributed by atoms with E-state index in [2.05, 4.69) is 27.0 Å². The highest BCUT2D eigenvalue weighted by molar-refractivity contribution is 5.91. The number of amides is 1. The largest absolute Gasteiger partial charge is 0.491 e. The van der Waals surface area contributed by atoms with Crippen molar-refractivity contribution in [1.29, 1.82) is 0 Å². The minimum absolute atomic E-state index is 0.0168. The molecule has 1 atom stereocenters. The lowest BCUT2D eigenvalue weighted by Crippen LogP contribution is -2.11. The van der Waals surface area contributed by atoms with Gasteiger partial charge in [0.25, 0.3) is 5.91 Å². The minimum atomic E-state index is -0.953. The number of benzene rings is 1. The second kappa shape index (κ2) is 7.35. The van der Waals surface area contributed by atoms with Gasteiger partial charge in [0.1, 0.15) is 42.3 Å². The van der Waals surface area contributed by atoms with Crippen LogP contribution in [0, 0.1) is 24.6 Å². The van der Waals surface area contributed by atoms with Gasteiger partial charge in [-0.05, 0) is 6.07 Å². The number of alkyl halides is 1. The Morgan fingerprint density at radius 2 is 2.24 bits per heavy atom. The number of nitrogens with two attached hydrogens (primary N) is 1. The summed E-state index contributed by atoms with van der Waals surface area (Å²) in [6, 6.07) is 2.64. The van der Waals surface area contributed by atoms with Gasteiger partial charge in [0.15, 0.2) is 5.82 Å². The Labute approximate surface area is 163 Å². The minimum Gasteiger partial charge on any atom is -0.491 e. The van der Waals surface area contributed by atoms with Crippen LogP contribution < -0.4 is 10.5 Å². The molecule has 148 valence electrons. The van der Waals surface area contributed by atoms with Crippen LogP contribution in [-0.4, -0.2) is 38.9 Å². The SMILES string of the molecule is Cc1nc(C(C#Cc2cc3c(cc2F)OCCn2cc(C(N)=O)nc2-3)CF)no1. The van der Waals surface area contributed by atoms with Crippen LogP contribution in [0.2, 0.25) is 0 Å². The van der Waals surface area contributed by atoms with Crippen molar-refractivity contribution in [3.8, 4) is 29.0 Å². The third-order valence-electron chi connectivity index (χ3n) is 4.32. The topological polar surface area (TPSA) is 109 Å². The Balaban J connectivity index is 1.76. The fourth-order valence-corrected chi connectivity index (χ4v) is 2.91. The van der Waals surface area contributed by atoms with Crippen LogP contribution in [0.15, 0.2) is 22.9 Å². The smallest absolute Gasteiger partial charge is 0.268 e. The van der Waals surface area contributed by atoms with Crippen LogP contribution in [-0.2, 0) is 6.54 Å². The predicted molar refractivity (Wildman–Crippen MR) is 96.3 cm³/mol. The first kappa shape index (κ1) is 18.6. The van der Waals surface area contributed by atoms with E-state index in [1.807, 2.05) is 0 Å². The molecular formula is C19H15F2N5O3. The van der Waals surface area contributed by atoms with Crippen molar-refractivity contribution in [3.05, 3.63) is 47.1 Å². The first-order chi connectivity index (χ1) is 14.0. The van der Waals surface area contributed by atoms with Gasteiger partial charge in [-0.25, -0.2) is 13.8 Å². The molecule has 1 aliphatic heterocycles. The Hall–Kier alpha value is -3.74. The molecule has 0 bridgehead atoms. The maximum absolute atomic E-state index is 14.6. The van der Waals surface area contributed by atoms with Crippen LogP contribution in [0.4, 0.5) is 8.78 Å². The van der Waals surface area contributed by atoms with Gasteiger partial charge in [-0.1, -0.05) is 17.0 Å². The molecule has 10 heteroatoms. The zero-order chi connectivity index (χ0) is 20.5. The van der Waals surface area contributed by atoms with Gasteiger partial charge in [-0.2, -0.15) is 4.98 Å². The lowest BCUT2D eigenvalue weighted by molar-refractivity contribution is 0.0996. The summed E-state index contributed by atoms with van der Waals surface area (Å²) in [6.45, 7) is 1.40. The number of primary amides is 1. The highest BCUT2D eigenvalue weighted by atomic mass is 19.1. The molecule has 2 N–H and O–H groups in total. The molecular weight excluding hydrogens is 384 g/mol. The summed E-state index contributed by atoms with van der Waals surface area (Å²) in [5.74, 6) is 4.06. The van der Waals surface area contributed by atoms with Crippen LogP contribution in [0.25, 0.3) is 11.4 Å². The standard InChI is InChI=1S/C19H15F2N5O3/c1-10-23-18(25-29-10)12(8-20)3-2-11-6-13-16(7-14(11)21)28-5-4-26-9-15(17(22)27)24-19(13)26/h6-7,9,12H,4-5,8H2,1H3,(H2,22,27). The van der Waals surface area contributed by atoms with Crippen molar-refractivity contribution in [2.45, 2.75) is 19.4 Å². The predicted octanol–water partition coefficient (Wildman–Crippen LogP) is 1.98. The summed E-state index contributed by atoms with van der Waals surface area (Å²) in [5, 5.41) is 3.65. The third-order valence-corrected chi connectivity index (χ3v) is 4.32. The Morgan fingerprint density at radius 3 is 2.93 bits per heavy atom. The van der Waals surface area contributed by atoms with Gasteiger partial charge in [0.2, 0.25) is 5.89 Å². The van der Waals surface area contributed by atoms with Gasteiger partial charge >= 0.3 is 0 Å². The van der Waals surface area contributed by atoms with Crippen LogP contribution in [0.3, 0.4) is 0 Å². The zero-order valence-corrected chi connectivity index (χ0v) is 15.3. The summed E-state index contributed by atoms with van der Waals surface area (Å²) < 4.78 is 40.0. The number of fused-ring (bicyclic) bond motifs is 3. The maximum Gasteiger partial charge on any atom is 0.268 e. The second-order valence-electron chi connectivity index (χ2n) is 6.33. The van der Waals surface area contributed by atoms with Crippen molar-refractivity contribution in [2.24, 2.45) is 5.73 Å². The van der Waals surface area contributed by atoms with E-state index in [-0.39, 0.29) is 35.3 Å². The van der Waals surface area contributed by atoms with E-state index < -0.39 is 24.3 Å². The van der Waals surface area contributed by atoms with Gasteiger partial charge in [0.05, 0.1) is 17.7 Å². The fourth-order valence-electron chi connectivity index (χ4n) is 2.91. The van der Waals surface area contributed by atoms with Crippen LogP contribution >= 0.6 is 0 Å². The third kappa shape index (κ3) is 3.54. The van der Waals surface area contributed by atoms with Crippen LogP contribution in [0.1, 0.15) is 33.7 Å². The number of carbonyl (C=O) groups is 1. The number of hydrogen-bond donors (Lipinski definition) is 1. The molecule has 0 spiro atoms. The van der Waals surface area contributed by atoms with Gasteiger partial charge in [-0.3, -0.25) is 4.79 Å². The van der Waals surface area contributed by atoms with E-state index in [4.69, 9.17) is 15.0 Å². The molecule has 2 aromatic heterocycles. The summed E-state index contributed by atoms with van der Waals surface area (Å²) in [7, 11) is 0. The quantitative estimate of drug-likeness (QED) is 0.675. The lowest BCUT2D eigenvalue weighted by atomic mass is 10.1. The van der Waals surface area contributed by atoms with Crippen molar-refractivity contribution in [1.82, 2.24) is 19.7 Å². The molecule has 0 radical (unpaired) electrons. The average molecular weight is 399 g/mol. The molecule has 0 saturated carbocycles. The number of hydrogen-bond acceptors (Lipinski definition) is 6. The van der Waals surface area contributed by atoms with E-state index in [1.165, 1.54) is 18.3 Å². The van der Waals surface area contributed by atoms with E-state index >= 15 is 0 Å². The number of nitrogens with zero attached hydrogens (tertiary/aromatic N) is 4. The maximum atomic E-state index is 14.6. The number of aromatic nitrogens is 4. The summed E-state index contributed by atoms with van der Waals surface area (Å²) >= 11 is 0. The summed E-state index contributed by atoms with van der Waals surface area (Å²) in [4.78, 5) is 19.6. The molecule has 3 aromatic rings. The first-order valence-corrected chi connectivity index (χ1v) is 8.67. The molecule has 8 nitrogen and oxygen atoms in total. The normalized spacial score (nSPS) is 13.3. The van der Waals surface area contributed by atoms with Crippen molar-refractivity contribution >= 4 is 5.91 Å². The Morgan fingerprint density at radius 1 is 1.41 bits per heavy atom. The van der Waals surface area contributed by atoms with E-state index in [0.717, 1.165) is 0 Å². The van der Waals surface area contributed by atoms with Crippen molar-refractivity contribution < 1.29 is 22.8 Å². The number of rotatable bonds is 3. The van der Waals surface area contributed by atoms with Gasteiger partial charge in [0, 0.05) is 19.2 Å². The Kier molecular flexibility index (Phi) is 4.72. The number of imidazole rings is 1. The molecule has 3 heterocycles. The zero-order valence-electron chi connectivity index (χ0n) is 15.3. The molecule has 0 saturated heterocycles. The molecule has 4 rings (SSSR count). The summed E-state index contributed by atoms with van der Waals surface area (Å²) in [6.07, 6.45) is 1.52. The van der Waals surface area contributed by atoms with Crippen LogP contribution in [0.5, 0.6) is 5.75 Å². The summed E-state index contributed by atoms with van der Waals surface area (Å²) in [5.41, 5.74) is 5.87. The molecule has 1 aliphatic rings. The number of aryl methyl sites for hydroxylation is 1. The lowest BCUT2D eigenvalue weighted by Gasteiger charge is -2.08. The number of ether oxygens (including phenoxy) is 1. The molecule has 0 fully saturated rings.